The van der Waals surface area contributed by atoms with Crippen molar-refractivity contribution in [1.82, 2.24) is 9.55 Å². The van der Waals surface area contributed by atoms with Crippen LogP contribution in [-0.2, 0) is 6.54 Å². The fraction of sp³-hybridized carbons (Fsp3) is 0.440. The van der Waals surface area contributed by atoms with Crippen molar-refractivity contribution >= 4 is 28.1 Å². The Hall–Kier alpha value is -2.67. The minimum Gasteiger partial charge on any atom is -0.363 e. The lowest BCUT2D eigenvalue weighted by atomic mass is 9.88. The fourth-order valence-corrected chi connectivity index (χ4v) is 5.77. The minimum absolute atomic E-state index is 0.138. The second kappa shape index (κ2) is 9.45. The lowest BCUT2D eigenvalue weighted by Gasteiger charge is -2.25. The Morgan fingerprint density at radius 3 is 2.72 bits per heavy atom. The van der Waals surface area contributed by atoms with E-state index in [0.29, 0.717) is 29.6 Å². The molecule has 7 heteroatoms. The third-order valence-corrected chi connectivity index (χ3v) is 7.49. The molecule has 0 radical (unpaired) electrons. The monoisotopic (exact) mass is 452 g/mol. The van der Waals surface area contributed by atoms with Gasteiger partial charge >= 0.3 is 0 Å². The Bertz CT molecular complexity index is 1040. The number of hydrogen-bond acceptors (Lipinski definition) is 4. The molecule has 2 fully saturated rings. The van der Waals surface area contributed by atoms with E-state index in [0.717, 1.165) is 44.5 Å². The lowest BCUT2D eigenvalue weighted by molar-refractivity contribution is 0.101. The zero-order valence-corrected chi connectivity index (χ0v) is 18.9. The van der Waals surface area contributed by atoms with Crippen LogP contribution in [-0.4, -0.2) is 28.2 Å². The van der Waals surface area contributed by atoms with E-state index >= 15 is 0 Å². The number of thiazole rings is 1. The average molecular weight is 453 g/mol. The summed E-state index contributed by atoms with van der Waals surface area (Å²) in [7, 11) is 0. The molecule has 3 aromatic rings. The Morgan fingerprint density at radius 2 is 1.91 bits per heavy atom. The van der Waals surface area contributed by atoms with Gasteiger partial charge in [0.15, 0.2) is 5.13 Å². The first kappa shape index (κ1) is 21.2. The molecule has 0 bridgehead atoms. The molecule has 5 nitrogen and oxygen atoms in total. The van der Waals surface area contributed by atoms with Gasteiger partial charge in [-0.15, -0.1) is 11.3 Å². The quantitative estimate of drug-likeness (QED) is 0.494. The molecule has 1 aromatic carbocycles. The molecule has 1 aliphatic heterocycles. The highest BCUT2D eigenvalue weighted by Crippen LogP contribution is 2.37. The minimum atomic E-state index is -0.657. The van der Waals surface area contributed by atoms with Crippen molar-refractivity contribution in [2.75, 3.05) is 16.8 Å². The van der Waals surface area contributed by atoms with Gasteiger partial charge in [-0.05, 0) is 68.7 Å². The number of carbonyl (C=O) groups excluding carboxylic acids is 1. The first-order valence-corrected chi connectivity index (χ1v) is 12.4. The predicted molar refractivity (Wildman–Crippen MR) is 127 cm³/mol. The summed E-state index contributed by atoms with van der Waals surface area (Å²) in [6.07, 6.45) is 6.53. The van der Waals surface area contributed by atoms with E-state index in [9.17, 15) is 9.18 Å². The molecule has 3 heterocycles. The van der Waals surface area contributed by atoms with Crippen LogP contribution < -0.4 is 10.2 Å². The molecule has 1 saturated carbocycles. The van der Waals surface area contributed by atoms with E-state index in [1.54, 1.807) is 0 Å². The molecule has 1 N–H and O–H groups in total. The van der Waals surface area contributed by atoms with Crippen molar-refractivity contribution in [2.24, 2.45) is 5.92 Å². The van der Waals surface area contributed by atoms with Crippen LogP contribution in [0.25, 0.3) is 0 Å². The van der Waals surface area contributed by atoms with Crippen LogP contribution in [0.15, 0.2) is 54.0 Å². The third-order valence-electron chi connectivity index (χ3n) is 6.72. The summed E-state index contributed by atoms with van der Waals surface area (Å²) >= 11 is 1.48. The number of amides is 1. The molecule has 1 saturated heterocycles. The highest BCUT2D eigenvalue weighted by Gasteiger charge is 2.28. The molecule has 0 unspecified atom stereocenters. The number of anilines is 2. The van der Waals surface area contributed by atoms with Gasteiger partial charge in [0.1, 0.15) is 11.9 Å². The summed E-state index contributed by atoms with van der Waals surface area (Å²) in [6.45, 7) is 1.78. The van der Waals surface area contributed by atoms with Crippen LogP contribution in [0.1, 0.15) is 60.7 Å². The van der Waals surface area contributed by atoms with E-state index in [2.05, 4.69) is 39.9 Å². The van der Waals surface area contributed by atoms with Gasteiger partial charge < -0.3 is 9.47 Å². The SMILES string of the molecule is O=C(Nc1nc([C@H]2CCCN2c2ccccc2)cs1)c1cccn1CC1CCC(F)CC1. The zero-order chi connectivity index (χ0) is 21.9. The van der Waals surface area contributed by atoms with Gasteiger partial charge in [0.2, 0.25) is 0 Å². The standard InChI is InChI=1S/C25H29FN4OS/c26-19-12-10-18(11-13-19)16-29-14-4-9-23(29)24(31)28-25-27-21(17-32-25)22-8-5-15-30(22)20-6-2-1-3-7-20/h1-4,6-7,9,14,17-19,22H,5,8,10-13,15-16H2,(H,27,28,31)/t18?,19?,22-/m1/s1. The van der Waals surface area contributed by atoms with Crippen LogP contribution in [0.4, 0.5) is 15.2 Å². The topological polar surface area (TPSA) is 50.2 Å². The molecule has 32 heavy (non-hydrogen) atoms. The zero-order valence-electron chi connectivity index (χ0n) is 18.1. The van der Waals surface area contributed by atoms with Crippen molar-refractivity contribution in [2.45, 2.75) is 57.3 Å². The number of nitrogens with one attached hydrogen (secondary N) is 1. The molecule has 5 rings (SSSR count). The second-order valence-electron chi connectivity index (χ2n) is 8.88. The second-order valence-corrected chi connectivity index (χ2v) is 9.74. The van der Waals surface area contributed by atoms with Gasteiger partial charge in [-0.2, -0.15) is 0 Å². The van der Waals surface area contributed by atoms with E-state index < -0.39 is 6.17 Å². The maximum absolute atomic E-state index is 13.4. The van der Waals surface area contributed by atoms with E-state index in [4.69, 9.17) is 4.98 Å². The summed E-state index contributed by atoms with van der Waals surface area (Å²) in [5, 5.41) is 5.70. The average Bonchev–Trinajstić information content (AvgIpc) is 3.56. The van der Waals surface area contributed by atoms with Crippen LogP contribution in [0.3, 0.4) is 0 Å². The van der Waals surface area contributed by atoms with Gasteiger partial charge in [-0.1, -0.05) is 18.2 Å². The molecule has 1 amide bonds. The number of hydrogen-bond donors (Lipinski definition) is 1. The number of carbonyl (C=O) groups is 1. The summed E-state index contributed by atoms with van der Waals surface area (Å²) in [6, 6.07) is 14.4. The smallest absolute Gasteiger partial charge is 0.274 e. The normalized spacial score (nSPS) is 23.4. The molecule has 1 atom stereocenters. The summed E-state index contributed by atoms with van der Waals surface area (Å²) in [4.78, 5) is 20.1. The van der Waals surface area contributed by atoms with Crippen molar-refractivity contribution in [3.05, 3.63) is 65.4 Å². The van der Waals surface area contributed by atoms with Gasteiger partial charge in [0.05, 0.1) is 11.7 Å². The molecule has 1 aliphatic carbocycles. The van der Waals surface area contributed by atoms with Gasteiger partial charge in [0.25, 0.3) is 5.91 Å². The van der Waals surface area contributed by atoms with Crippen LogP contribution >= 0.6 is 11.3 Å². The van der Waals surface area contributed by atoms with Crippen molar-refractivity contribution in [3.63, 3.8) is 0 Å². The van der Waals surface area contributed by atoms with Gasteiger partial charge in [0, 0.05) is 30.4 Å². The first-order chi connectivity index (χ1) is 15.7. The van der Waals surface area contributed by atoms with Crippen molar-refractivity contribution in [1.29, 1.82) is 0 Å². The molecule has 2 aromatic heterocycles. The summed E-state index contributed by atoms with van der Waals surface area (Å²) < 4.78 is 15.4. The number of rotatable bonds is 6. The van der Waals surface area contributed by atoms with Crippen LogP contribution in [0.2, 0.25) is 0 Å². The molecular weight excluding hydrogens is 423 g/mol. The number of aromatic nitrogens is 2. The largest absolute Gasteiger partial charge is 0.363 e. The Labute approximate surface area is 192 Å². The Morgan fingerprint density at radius 1 is 1.09 bits per heavy atom. The highest BCUT2D eigenvalue weighted by molar-refractivity contribution is 7.14. The number of benzene rings is 1. The summed E-state index contributed by atoms with van der Waals surface area (Å²) in [5.74, 6) is 0.292. The highest BCUT2D eigenvalue weighted by atomic mass is 32.1. The first-order valence-electron chi connectivity index (χ1n) is 11.5. The molecule has 168 valence electrons. The Kier molecular flexibility index (Phi) is 6.26. The number of para-hydroxylation sites is 1. The van der Waals surface area contributed by atoms with E-state index in [1.165, 1.54) is 17.0 Å². The van der Waals surface area contributed by atoms with Gasteiger partial charge in [-0.25, -0.2) is 9.37 Å². The maximum atomic E-state index is 13.4. The van der Waals surface area contributed by atoms with Crippen molar-refractivity contribution < 1.29 is 9.18 Å². The fourth-order valence-electron chi connectivity index (χ4n) is 5.02. The molecule has 2 aliphatic rings. The van der Waals surface area contributed by atoms with Crippen LogP contribution in [0.5, 0.6) is 0 Å². The molecular formula is C25H29FN4OS. The Balaban J connectivity index is 1.24. The van der Waals surface area contributed by atoms with Crippen molar-refractivity contribution in [3.8, 4) is 0 Å². The number of halogens is 1. The number of alkyl halides is 1. The lowest BCUT2D eigenvalue weighted by Crippen LogP contribution is -2.23. The number of nitrogens with zero attached hydrogens (tertiary/aromatic N) is 3. The van der Waals surface area contributed by atoms with Crippen LogP contribution in [0, 0.1) is 5.92 Å². The summed E-state index contributed by atoms with van der Waals surface area (Å²) in [5.41, 5.74) is 2.87. The molecule has 0 spiro atoms. The van der Waals surface area contributed by atoms with E-state index in [1.807, 2.05) is 29.0 Å². The third kappa shape index (κ3) is 4.58. The van der Waals surface area contributed by atoms with E-state index in [-0.39, 0.29) is 11.9 Å². The predicted octanol–water partition coefficient (Wildman–Crippen LogP) is 6.07. The van der Waals surface area contributed by atoms with Gasteiger partial charge in [-0.3, -0.25) is 10.1 Å². The maximum Gasteiger partial charge on any atom is 0.274 e.